The molecule has 2 rings (SSSR count). The summed E-state index contributed by atoms with van der Waals surface area (Å²) in [5.74, 6) is 0. The van der Waals surface area contributed by atoms with E-state index in [0.29, 0.717) is 0 Å². The highest BCUT2D eigenvalue weighted by molar-refractivity contribution is 9.11. The highest BCUT2D eigenvalue weighted by atomic mass is 79.9. The normalized spacial score (nSPS) is 12.8. The van der Waals surface area contributed by atoms with Crippen LogP contribution >= 0.6 is 27.3 Å². The van der Waals surface area contributed by atoms with E-state index in [9.17, 15) is 0 Å². The van der Waals surface area contributed by atoms with E-state index in [1.165, 1.54) is 21.6 Å². The molecule has 3 heteroatoms. The van der Waals surface area contributed by atoms with Gasteiger partial charge in [-0.2, -0.15) is 0 Å². The lowest BCUT2D eigenvalue weighted by Crippen LogP contribution is -2.13. The topological polar surface area (TPSA) is 26.0 Å². The minimum atomic E-state index is -0.0162. The molecule has 1 aromatic carbocycles. The van der Waals surface area contributed by atoms with Crippen LogP contribution in [0.25, 0.3) is 0 Å². The maximum atomic E-state index is 6.32. The third-order valence-electron chi connectivity index (χ3n) is 2.75. The van der Waals surface area contributed by atoms with Crippen LogP contribution in [0.4, 0.5) is 0 Å². The van der Waals surface area contributed by atoms with E-state index in [1.54, 1.807) is 11.3 Å². The Bertz CT molecular complexity index is 484. The van der Waals surface area contributed by atoms with Gasteiger partial charge < -0.3 is 5.73 Å². The summed E-state index contributed by atoms with van der Waals surface area (Å²) in [4.78, 5) is 1.20. The Morgan fingerprint density at radius 2 is 1.75 bits per heavy atom. The van der Waals surface area contributed by atoms with Gasteiger partial charge >= 0.3 is 0 Å². The van der Waals surface area contributed by atoms with Crippen molar-refractivity contribution in [2.24, 2.45) is 5.73 Å². The minimum absolute atomic E-state index is 0.0162. The monoisotopic (exact) mass is 295 g/mol. The Kier molecular flexibility index (Phi) is 3.47. The molecule has 1 nitrogen and oxygen atoms in total. The van der Waals surface area contributed by atoms with Gasteiger partial charge in [0.25, 0.3) is 0 Å². The van der Waals surface area contributed by atoms with Gasteiger partial charge in [-0.3, -0.25) is 0 Å². The Balaban J connectivity index is 2.45. The molecule has 1 heterocycles. The Hall–Kier alpha value is -0.640. The van der Waals surface area contributed by atoms with E-state index >= 15 is 0 Å². The van der Waals surface area contributed by atoms with Gasteiger partial charge in [0, 0.05) is 4.88 Å². The zero-order valence-electron chi connectivity index (χ0n) is 9.33. The molecule has 0 fully saturated rings. The molecule has 84 valence electrons. The molecule has 0 bridgehead atoms. The highest BCUT2D eigenvalue weighted by Crippen LogP contribution is 2.32. The summed E-state index contributed by atoms with van der Waals surface area (Å²) in [5.41, 5.74) is 10.1. The fraction of sp³-hybridized carbons (Fsp3) is 0.231. The molecule has 0 saturated heterocycles. The smallest absolute Gasteiger partial charge is 0.0702 e. The maximum absolute atomic E-state index is 6.32. The van der Waals surface area contributed by atoms with Crippen molar-refractivity contribution in [1.29, 1.82) is 0 Å². The Morgan fingerprint density at radius 3 is 2.25 bits per heavy atom. The molecule has 0 spiro atoms. The third-order valence-corrected chi connectivity index (χ3v) is 4.46. The summed E-state index contributed by atoms with van der Waals surface area (Å²) >= 11 is 5.17. The summed E-state index contributed by atoms with van der Waals surface area (Å²) in [6, 6.07) is 10.4. The number of aryl methyl sites for hydroxylation is 2. The summed E-state index contributed by atoms with van der Waals surface area (Å²) in [6.45, 7) is 4.23. The zero-order chi connectivity index (χ0) is 11.7. The second-order valence-corrected chi connectivity index (χ2v) is 6.42. The first kappa shape index (κ1) is 11.8. The van der Waals surface area contributed by atoms with Crippen LogP contribution in [0.3, 0.4) is 0 Å². The standard InChI is InChI=1S/C13H14BrNS/c1-8-4-3-5-9(2)12(8)13(15)10-6-7-11(14)16-10/h3-7,13H,15H2,1-2H3. The van der Waals surface area contributed by atoms with Crippen molar-refractivity contribution in [3.8, 4) is 0 Å². The van der Waals surface area contributed by atoms with Crippen LogP contribution in [0.1, 0.15) is 27.6 Å². The number of hydrogen-bond donors (Lipinski definition) is 1. The van der Waals surface area contributed by atoms with Crippen molar-refractivity contribution in [3.05, 3.63) is 55.7 Å². The minimum Gasteiger partial charge on any atom is -0.320 e. The lowest BCUT2D eigenvalue weighted by molar-refractivity contribution is 0.871. The predicted molar refractivity (Wildman–Crippen MR) is 74.0 cm³/mol. The summed E-state index contributed by atoms with van der Waals surface area (Å²) in [6.07, 6.45) is 0. The van der Waals surface area contributed by atoms with E-state index in [0.717, 1.165) is 3.79 Å². The third kappa shape index (κ3) is 2.21. The maximum Gasteiger partial charge on any atom is 0.0702 e. The summed E-state index contributed by atoms with van der Waals surface area (Å²) < 4.78 is 1.13. The van der Waals surface area contributed by atoms with Gasteiger partial charge in [-0.25, -0.2) is 0 Å². The molecule has 0 saturated carbocycles. The molecular formula is C13H14BrNS. The molecule has 1 unspecified atom stereocenters. The molecule has 0 aliphatic rings. The average molecular weight is 296 g/mol. The van der Waals surface area contributed by atoms with Gasteiger partial charge in [-0.1, -0.05) is 18.2 Å². The fourth-order valence-electron chi connectivity index (χ4n) is 1.96. The molecule has 0 amide bonds. The van der Waals surface area contributed by atoms with Crippen molar-refractivity contribution in [2.75, 3.05) is 0 Å². The van der Waals surface area contributed by atoms with Crippen LogP contribution in [0.5, 0.6) is 0 Å². The molecule has 16 heavy (non-hydrogen) atoms. The number of halogens is 1. The number of thiophene rings is 1. The SMILES string of the molecule is Cc1cccc(C)c1C(N)c1ccc(Br)s1. The van der Waals surface area contributed by atoms with Crippen molar-refractivity contribution in [2.45, 2.75) is 19.9 Å². The molecule has 1 aromatic heterocycles. The van der Waals surface area contributed by atoms with Gasteiger partial charge in [-0.15, -0.1) is 11.3 Å². The summed E-state index contributed by atoms with van der Waals surface area (Å²) in [5, 5.41) is 0. The molecular weight excluding hydrogens is 282 g/mol. The van der Waals surface area contributed by atoms with Crippen LogP contribution < -0.4 is 5.73 Å². The van der Waals surface area contributed by atoms with E-state index in [-0.39, 0.29) is 6.04 Å². The van der Waals surface area contributed by atoms with Crippen molar-refractivity contribution >= 4 is 27.3 Å². The second-order valence-electron chi connectivity index (χ2n) is 3.93. The lowest BCUT2D eigenvalue weighted by atomic mass is 9.96. The van der Waals surface area contributed by atoms with E-state index in [2.05, 4.69) is 54.0 Å². The van der Waals surface area contributed by atoms with Crippen LogP contribution in [0.15, 0.2) is 34.1 Å². The number of hydrogen-bond acceptors (Lipinski definition) is 2. The number of benzene rings is 1. The quantitative estimate of drug-likeness (QED) is 0.884. The largest absolute Gasteiger partial charge is 0.320 e. The van der Waals surface area contributed by atoms with Gasteiger partial charge in [-0.05, 0) is 58.6 Å². The van der Waals surface area contributed by atoms with Crippen molar-refractivity contribution in [3.63, 3.8) is 0 Å². The predicted octanol–water partition coefficient (Wildman–Crippen LogP) is 4.18. The first-order chi connectivity index (χ1) is 7.59. The molecule has 2 aromatic rings. The number of nitrogens with two attached hydrogens (primary N) is 1. The van der Waals surface area contributed by atoms with Crippen LogP contribution in [-0.2, 0) is 0 Å². The molecule has 1 atom stereocenters. The van der Waals surface area contributed by atoms with E-state index < -0.39 is 0 Å². The lowest BCUT2D eigenvalue weighted by Gasteiger charge is -2.16. The van der Waals surface area contributed by atoms with Gasteiger partial charge in [0.1, 0.15) is 0 Å². The highest BCUT2D eigenvalue weighted by Gasteiger charge is 2.15. The van der Waals surface area contributed by atoms with Gasteiger partial charge in [0.15, 0.2) is 0 Å². The first-order valence-corrected chi connectivity index (χ1v) is 6.77. The first-order valence-electron chi connectivity index (χ1n) is 5.16. The Labute approximate surface area is 108 Å². The Morgan fingerprint density at radius 1 is 1.12 bits per heavy atom. The zero-order valence-corrected chi connectivity index (χ0v) is 11.7. The van der Waals surface area contributed by atoms with E-state index in [4.69, 9.17) is 5.73 Å². The average Bonchev–Trinajstić information content (AvgIpc) is 2.64. The van der Waals surface area contributed by atoms with Crippen LogP contribution in [-0.4, -0.2) is 0 Å². The van der Waals surface area contributed by atoms with Crippen molar-refractivity contribution in [1.82, 2.24) is 0 Å². The van der Waals surface area contributed by atoms with Crippen molar-refractivity contribution < 1.29 is 0 Å². The molecule has 2 N–H and O–H groups in total. The van der Waals surface area contributed by atoms with E-state index in [1.807, 2.05) is 6.07 Å². The van der Waals surface area contributed by atoms with Gasteiger partial charge in [0.05, 0.1) is 9.83 Å². The van der Waals surface area contributed by atoms with Crippen LogP contribution in [0.2, 0.25) is 0 Å². The molecule has 0 aliphatic heterocycles. The molecule has 0 aliphatic carbocycles. The fourth-order valence-corrected chi connectivity index (χ4v) is 3.39. The van der Waals surface area contributed by atoms with Gasteiger partial charge in [0.2, 0.25) is 0 Å². The molecule has 0 radical (unpaired) electrons. The number of rotatable bonds is 2. The summed E-state index contributed by atoms with van der Waals surface area (Å²) in [7, 11) is 0. The van der Waals surface area contributed by atoms with Crippen LogP contribution in [0, 0.1) is 13.8 Å². The second kappa shape index (κ2) is 4.70.